The Kier molecular flexibility index (Phi) is 4.64. The first-order chi connectivity index (χ1) is 13.2. The summed E-state index contributed by atoms with van der Waals surface area (Å²) in [5, 5.41) is 11.3. The third-order valence-electron chi connectivity index (χ3n) is 4.87. The first-order valence-corrected chi connectivity index (χ1v) is 8.87. The van der Waals surface area contributed by atoms with E-state index >= 15 is 0 Å². The molecule has 0 aliphatic carbocycles. The lowest BCUT2D eigenvalue weighted by atomic mass is 10.1. The lowest BCUT2D eigenvalue weighted by Crippen LogP contribution is -2.47. The Morgan fingerprint density at radius 2 is 1.81 bits per heavy atom. The number of amides is 1. The number of nitrogens with zero attached hydrogens (tertiary/aromatic N) is 4. The van der Waals surface area contributed by atoms with Crippen molar-refractivity contribution < 1.29 is 9.53 Å². The standard InChI is InChI=1S/C19H22N6O2/c1-24-6-8-25(9-7-24)19(26)16-11-14(12-20-16)18-17(21-23-22-18)13-4-3-5-15(10-13)27-2/h3-5,10-12,20H,6-9H2,1-2H3,(H,21,22,23). The molecule has 3 aromatic rings. The number of benzene rings is 1. The molecule has 140 valence electrons. The molecule has 2 N–H and O–H groups in total. The molecular weight excluding hydrogens is 344 g/mol. The van der Waals surface area contributed by atoms with Gasteiger partial charge in [-0.25, -0.2) is 0 Å². The fraction of sp³-hybridized carbons (Fsp3) is 0.316. The van der Waals surface area contributed by atoms with Gasteiger partial charge in [0.05, 0.1) is 7.11 Å². The van der Waals surface area contributed by atoms with Crippen LogP contribution in [0.5, 0.6) is 5.75 Å². The number of aromatic amines is 2. The van der Waals surface area contributed by atoms with Gasteiger partial charge >= 0.3 is 0 Å². The van der Waals surface area contributed by atoms with E-state index in [1.165, 1.54) is 0 Å². The fourth-order valence-electron chi connectivity index (χ4n) is 3.24. The summed E-state index contributed by atoms with van der Waals surface area (Å²) in [4.78, 5) is 19.9. The van der Waals surface area contributed by atoms with E-state index in [2.05, 4.69) is 32.3 Å². The zero-order valence-corrected chi connectivity index (χ0v) is 15.4. The minimum atomic E-state index is 0.0146. The number of ether oxygens (including phenoxy) is 1. The minimum absolute atomic E-state index is 0.0146. The summed E-state index contributed by atoms with van der Waals surface area (Å²) >= 11 is 0. The molecule has 1 fully saturated rings. The molecule has 0 spiro atoms. The van der Waals surface area contributed by atoms with E-state index in [1.54, 1.807) is 13.3 Å². The molecule has 1 amide bonds. The van der Waals surface area contributed by atoms with Crippen molar-refractivity contribution in [2.75, 3.05) is 40.3 Å². The van der Waals surface area contributed by atoms with Crippen molar-refractivity contribution in [1.82, 2.24) is 30.2 Å². The van der Waals surface area contributed by atoms with Crippen LogP contribution in [0, 0.1) is 0 Å². The zero-order valence-electron chi connectivity index (χ0n) is 15.4. The zero-order chi connectivity index (χ0) is 18.8. The van der Waals surface area contributed by atoms with Crippen molar-refractivity contribution in [2.45, 2.75) is 0 Å². The number of carbonyl (C=O) groups excluding carboxylic acids is 1. The van der Waals surface area contributed by atoms with Crippen molar-refractivity contribution in [3.05, 3.63) is 42.2 Å². The van der Waals surface area contributed by atoms with E-state index in [1.807, 2.05) is 35.2 Å². The van der Waals surface area contributed by atoms with Crippen molar-refractivity contribution in [3.63, 3.8) is 0 Å². The van der Waals surface area contributed by atoms with Crippen LogP contribution in [-0.4, -0.2) is 76.4 Å². The highest BCUT2D eigenvalue weighted by molar-refractivity contribution is 5.94. The van der Waals surface area contributed by atoms with Crippen molar-refractivity contribution in [1.29, 1.82) is 0 Å². The number of likely N-dealkylation sites (N-methyl/N-ethyl adjacent to an activating group) is 1. The van der Waals surface area contributed by atoms with Crippen LogP contribution < -0.4 is 4.74 Å². The quantitative estimate of drug-likeness (QED) is 0.736. The first-order valence-electron chi connectivity index (χ1n) is 8.87. The Morgan fingerprint density at radius 1 is 1.07 bits per heavy atom. The van der Waals surface area contributed by atoms with Crippen LogP contribution in [0.15, 0.2) is 36.5 Å². The highest BCUT2D eigenvalue weighted by Crippen LogP contribution is 2.30. The third kappa shape index (κ3) is 3.43. The molecule has 1 aromatic carbocycles. The molecular formula is C19H22N6O2. The van der Waals surface area contributed by atoms with Gasteiger partial charge in [-0.2, -0.15) is 15.4 Å². The van der Waals surface area contributed by atoms with E-state index in [9.17, 15) is 4.79 Å². The van der Waals surface area contributed by atoms with Crippen LogP contribution >= 0.6 is 0 Å². The molecule has 4 rings (SSSR count). The predicted molar refractivity (Wildman–Crippen MR) is 102 cm³/mol. The number of aromatic nitrogens is 4. The van der Waals surface area contributed by atoms with Crippen LogP contribution in [0.4, 0.5) is 0 Å². The van der Waals surface area contributed by atoms with Gasteiger partial charge in [0.25, 0.3) is 5.91 Å². The molecule has 3 heterocycles. The van der Waals surface area contributed by atoms with Crippen molar-refractivity contribution in [3.8, 4) is 28.3 Å². The number of hydrogen-bond donors (Lipinski definition) is 2. The SMILES string of the molecule is COc1cccc(-c2n[nH]nc2-c2c[nH]c(C(=O)N3CCN(C)CC3)c2)c1. The molecule has 0 unspecified atom stereocenters. The maximum absolute atomic E-state index is 12.7. The highest BCUT2D eigenvalue weighted by atomic mass is 16.5. The third-order valence-corrected chi connectivity index (χ3v) is 4.87. The molecule has 0 radical (unpaired) electrons. The van der Waals surface area contributed by atoms with Gasteiger partial charge in [0.2, 0.25) is 0 Å². The molecule has 1 aliphatic rings. The second kappa shape index (κ2) is 7.24. The van der Waals surface area contributed by atoms with E-state index in [0.717, 1.165) is 43.1 Å². The Balaban J connectivity index is 1.59. The molecule has 8 heteroatoms. The normalized spacial score (nSPS) is 15.1. The Bertz CT molecular complexity index is 939. The maximum Gasteiger partial charge on any atom is 0.270 e. The average molecular weight is 366 g/mol. The molecule has 2 aromatic heterocycles. The van der Waals surface area contributed by atoms with Gasteiger partial charge in [-0.05, 0) is 25.2 Å². The van der Waals surface area contributed by atoms with Gasteiger partial charge in [-0.15, -0.1) is 0 Å². The Labute approximate surface area is 157 Å². The van der Waals surface area contributed by atoms with Crippen LogP contribution in [0.3, 0.4) is 0 Å². The van der Waals surface area contributed by atoms with Gasteiger partial charge in [0, 0.05) is 43.5 Å². The number of carbonyl (C=O) groups is 1. The average Bonchev–Trinajstić information content (AvgIpc) is 3.37. The number of nitrogens with one attached hydrogen (secondary N) is 2. The predicted octanol–water partition coefficient (Wildman–Crippen LogP) is 1.86. The summed E-state index contributed by atoms with van der Waals surface area (Å²) < 4.78 is 5.29. The van der Waals surface area contributed by atoms with Gasteiger partial charge in [-0.3, -0.25) is 4.79 Å². The molecule has 8 nitrogen and oxygen atoms in total. The van der Waals surface area contributed by atoms with Crippen LogP contribution in [0.2, 0.25) is 0 Å². The van der Waals surface area contributed by atoms with Gasteiger partial charge in [0.1, 0.15) is 22.8 Å². The van der Waals surface area contributed by atoms with Gasteiger partial charge in [0.15, 0.2) is 0 Å². The van der Waals surface area contributed by atoms with Gasteiger partial charge in [-0.1, -0.05) is 12.1 Å². The summed E-state index contributed by atoms with van der Waals surface area (Å²) in [5.74, 6) is 0.766. The summed E-state index contributed by atoms with van der Waals surface area (Å²) in [7, 11) is 3.70. The van der Waals surface area contributed by atoms with E-state index in [4.69, 9.17) is 4.74 Å². The largest absolute Gasteiger partial charge is 0.497 e. The first kappa shape index (κ1) is 17.3. The Hall–Kier alpha value is -3.13. The number of H-pyrrole nitrogens is 2. The van der Waals surface area contributed by atoms with Crippen LogP contribution in [0.25, 0.3) is 22.5 Å². The Morgan fingerprint density at radius 3 is 2.56 bits per heavy atom. The molecule has 0 bridgehead atoms. The smallest absolute Gasteiger partial charge is 0.270 e. The van der Waals surface area contributed by atoms with Gasteiger partial charge < -0.3 is 19.5 Å². The fourth-order valence-corrected chi connectivity index (χ4v) is 3.24. The summed E-state index contributed by atoms with van der Waals surface area (Å²) in [5.41, 5.74) is 3.68. The molecule has 1 saturated heterocycles. The van der Waals surface area contributed by atoms with E-state index in [-0.39, 0.29) is 5.91 Å². The number of methoxy groups -OCH3 is 1. The summed E-state index contributed by atoms with van der Waals surface area (Å²) in [6.07, 6.45) is 1.80. The van der Waals surface area contributed by atoms with E-state index in [0.29, 0.717) is 17.1 Å². The van der Waals surface area contributed by atoms with Crippen LogP contribution in [-0.2, 0) is 0 Å². The summed E-state index contributed by atoms with van der Waals surface area (Å²) in [6, 6.07) is 9.48. The molecule has 0 saturated carbocycles. The number of hydrogen-bond acceptors (Lipinski definition) is 5. The second-order valence-electron chi connectivity index (χ2n) is 6.65. The molecule has 1 aliphatic heterocycles. The monoisotopic (exact) mass is 366 g/mol. The number of piperazine rings is 1. The van der Waals surface area contributed by atoms with Crippen LogP contribution in [0.1, 0.15) is 10.5 Å². The van der Waals surface area contributed by atoms with Crippen molar-refractivity contribution in [2.24, 2.45) is 0 Å². The lowest BCUT2D eigenvalue weighted by molar-refractivity contribution is 0.0659. The molecule has 0 atom stereocenters. The number of rotatable bonds is 4. The minimum Gasteiger partial charge on any atom is -0.497 e. The topological polar surface area (TPSA) is 90.1 Å². The van der Waals surface area contributed by atoms with E-state index < -0.39 is 0 Å². The second-order valence-corrected chi connectivity index (χ2v) is 6.65. The molecule has 27 heavy (non-hydrogen) atoms. The highest BCUT2D eigenvalue weighted by Gasteiger charge is 2.23. The van der Waals surface area contributed by atoms with Crippen molar-refractivity contribution >= 4 is 5.91 Å². The summed E-state index contributed by atoms with van der Waals surface area (Å²) in [6.45, 7) is 3.26. The maximum atomic E-state index is 12.7. The lowest BCUT2D eigenvalue weighted by Gasteiger charge is -2.32.